The van der Waals surface area contributed by atoms with Crippen LogP contribution in [0.2, 0.25) is 0 Å². The Balaban J connectivity index is 2.22. The van der Waals surface area contributed by atoms with Gasteiger partial charge in [-0.15, -0.1) is 0 Å². The van der Waals surface area contributed by atoms with Crippen LogP contribution in [0, 0.1) is 6.92 Å². The molecule has 0 saturated heterocycles. The number of nitrogens with zero attached hydrogens (tertiary/aromatic N) is 1. The Morgan fingerprint density at radius 2 is 1.56 bits per heavy atom. The quantitative estimate of drug-likeness (QED) is 0.889. The molecule has 0 unspecified atom stereocenters. The van der Waals surface area contributed by atoms with E-state index < -0.39 is 0 Å². The number of rotatable bonds is 4. The first-order valence-electron chi connectivity index (χ1n) is 6.17. The summed E-state index contributed by atoms with van der Waals surface area (Å²) in [6.45, 7) is 3.05. The van der Waals surface area contributed by atoms with Crippen molar-refractivity contribution in [2.45, 2.75) is 20.1 Å². The molecule has 0 aliphatic rings. The van der Waals surface area contributed by atoms with Crippen molar-refractivity contribution in [1.82, 2.24) is 0 Å². The van der Waals surface area contributed by atoms with E-state index >= 15 is 0 Å². The molecule has 0 spiro atoms. The molecular weight excluding hydrogens is 222 g/mol. The van der Waals surface area contributed by atoms with Crippen LogP contribution in [0.4, 0.5) is 5.69 Å². The normalized spacial score (nSPS) is 10.4. The van der Waals surface area contributed by atoms with Gasteiger partial charge in [-0.25, -0.2) is 0 Å². The molecule has 1 N–H and O–H groups in total. The number of aryl methyl sites for hydroxylation is 1. The Morgan fingerprint density at radius 1 is 0.944 bits per heavy atom. The lowest BCUT2D eigenvalue weighted by Crippen LogP contribution is -2.18. The number of benzene rings is 2. The van der Waals surface area contributed by atoms with Crippen molar-refractivity contribution in [1.29, 1.82) is 0 Å². The minimum atomic E-state index is 0.0777. The largest absolute Gasteiger partial charge is 0.392 e. The van der Waals surface area contributed by atoms with Crippen molar-refractivity contribution < 1.29 is 5.11 Å². The van der Waals surface area contributed by atoms with Crippen LogP contribution in [0.1, 0.15) is 16.7 Å². The molecular formula is C16H19NO. The maximum absolute atomic E-state index is 9.36. The zero-order valence-electron chi connectivity index (χ0n) is 10.9. The van der Waals surface area contributed by atoms with Crippen LogP contribution < -0.4 is 4.90 Å². The molecule has 2 rings (SSSR count). The summed E-state index contributed by atoms with van der Waals surface area (Å²) in [6, 6.07) is 16.4. The fourth-order valence-electron chi connectivity index (χ4n) is 2.15. The van der Waals surface area contributed by atoms with Gasteiger partial charge in [0.15, 0.2) is 0 Å². The van der Waals surface area contributed by atoms with Crippen molar-refractivity contribution in [2.75, 3.05) is 11.9 Å². The summed E-state index contributed by atoms with van der Waals surface area (Å²) < 4.78 is 0. The predicted molar refractivity (Wildman–Crippen MR) is 75.7 cm³/mol. The van der Waals surface area contributed by atoms with E-state index in [0.717, 1.165) is 17.8 Å². The molecule has 0 heterocycles. The number of para-hydroxylation sites is 1. The number of hydrogen-bond acceptors (Lipinski definition) is 2. The van der Waals surface area contributed by atoms with Gasteiger partial charge in [-0.05, 0) is 24.1 Å². The Kier molecular flexibility index (Phi) is 4.00. The topological polar surface area (TPSA) is 23.5 Å². The second-order valence-corrected chi connectivity index (χ2v) is 4.57. The van der Waals surface area contributed by atoms with Crippen molar-refractivity contribution in [3.05, 3.63) is 65.2 Å². The van der Waals surface area contributed by atoms with Crippen molar-refractivity contribution in [2.24, 2.45) is 0 Å². The Labute approximate surface area is 109 Å². The average molecular weight is 241 g/mol. The van der Waals surface area contributed by atoms with Gasteiger partial charge in [-0.2, -0.15) is 0 Å². The van der Waals surface area contributed by atoms with Gasteiger partial charge in [0.25, 0.3) is 0 Å². The maximum Gasteiger partial charge on any atom is 0.0702 e. The van der Waals surface area contributed by atoms with Crippen LogP contribution in [0.3, 0.4) is 0 Å². The van der Waals surface area contributed by atoms with Crippen molar-refractivity contribution >= 4 is 5.69 Å². The highest BCUT2D eigenvalue weighted by Crippen LogP contribution is 2.21. The van der Waals surface area contributed by atoms with Gasteiger partial charge in [-0.3, -0.25) is 0 Å². The van der Waals surface area contributed by atoms with E-state index in [1.54, 1.807) is 0 Å². The van der Waals surface area contributed by atoms with Crippen LogP contribution in [0.5, 0.6) is 0 Å². The van der Waals surface area contributed by atoms with Gasteiger partial charge in [0, 0.05) is 24.8 Å². The van der Waals surface area contributed by atoms with Crippen LogP contribution in [-0.4, -0.2) is 12.2 Å². The summed E-state index contributed by atoms with van der Waals surface area (Å²) in [5.41, 5.74) is 4.66. The molecule has 0 saturated carbocycles. The summed E-state index contributed by atoms with van der Waals surface area (Å²) in [7, 11) is 2.06. The summed E-state index contributed by atoms with van der Waals surface area (Å²) in [5, 5.41) is 9.36. The molecule has 2 aromatic carbocycles. The van der Waals surface area contributed by atoms with Gasteiger partial charge in [0.1, 0.15) is 0 Å². The third kappa shape index (κ3) is 2.71. The summed E-state index contributed by atoms with van der Waals surface area (Å²) in [5.74, 6) is 0. The molecule has 94 valence electrons. The van der Waals surface area contributed by atoms with E-state index in [0.29, 0.717) is 0 Å². The minimum Gasteiger partial charge on any atom is -0.392 e. The highest BCUT2D eigenvalue weighted by atomic mass is 16.3. The van der Waals surface area contributed by atoms with Gasteiger partial charge in [0.05, 0.1) is 6.61 Å². The molecule has 0 bridgehead atoms. The summed E-state index contributed by atoms with van der Waals surface area (Å²) in [6.07, 6.45) is 0. The molecule has 0 atom stereocenters. The van der Waals surface area contributed by atoms with Gasteiger partial charge >= 0.3 is 0 Å². The van der Waals surface area contributed by atoms with Gasteiger partial charge in [0.2, 0.25) is 0 Å². The Morgan fingerprint density at radius 3 is 2.22 bits per heavy atom. The van der Waals surface area contributed by atoms with Crippen molar-refractivity contribution in [3.63, 3.8) is 0 Å². The number of hydrogen-bond donors (Lipinski definition) is 1. The van der Waals surface area contributed by atoms with Gasteiger partial charge < -0.3 is 10.0 Å². The van der Waals surface area contributed by atoms with E-state index in [9.17, 15) is 5.11 Å². The molecule has 0 radical (unpaired) electrons. The van der Waals surface area contributed by atoms with E-state index in [-0.39, 0.29) is 6.61 Å². The molecule has 2 nitrogen and oxygen atoms in total. The first-order valence-corrected chi connectivity index (χ1v) is 6.17. The maximum atomic E-state index is 9.36. The van der Waals surface area contributed by atoms with E-state index in [1.807, 2.05) is 24.3 Å². The number of aliphatic hydroxyl groups excluding tert-OH is 1. The second-order valence-electron chi connectivity index (χ2n) is 4.57. The van der Waals surface area contributed by atoms with Crippen molar-refractivity contribution in [3.8, 4) is 0 Å². The van der Waals surface area contributed by atoms with Gasteiger partial charge in [-0.1, -0.05) is 42.5 Å². The molecule has 0 aliphatic carbocycles. The third-order valence-electron chi connectivity index (χ3n) is 3.24. The SMILES string of the molecule is Cc1ccccc1CN(C)c1ccccc1CO. The third-order valence-corrected chi connectivity index (χ3v) is 3.24. The number of aliphatic hydroxyl groups is 1. The highest BCUT2D eigenvalue weighted by Gasteiger charge is 2.07. The smallest absolute Gasteiger partial charge is 0.0702 e. The van der Waals surface area contributed by atoms with Crippen LogP contribution >= 0.6 is 0 Å². The Hall–Kier alpha value is -1.80. The van der Waals surface area contributed by atoms with Crippen LogP contribution in [0.15, 0.2) is 48.5 Å². The molecule has 2 aromatic rings. The average Bonchev–Trinajstić information content (AvgIpc) is 2.41. The lowest BCUT2D eigenvalue weighted by molar-refractivity contribution is 0.282. The Bertz CT molecular complexity index is 522. The lowest BCUT2D eigenvalue weighted by Gasteiger charge is -2.22. The zero-order chi connectivity index (χ0) is 13.0. The second kappa shape index (κ2) is 5.69. The molecule has 0 aliphatic heterocycles. The fourth-order valence-corrected chi connectivity index (χ4v) is 2.15. The molecule has 0 fully saturated rings. The van der Waals surface area contributed by atoms with E-state index in [4.69, 9.17) is 0 Å². The molecule has 18 heavy (non-hydrogen) atoms. The van der Waals surface area contributed by atoms with E-state index in [1.165, 1.54) is 11.1 Å². The minimum absolute atomic E-state index is 0.0777. The first-order chi connectivity index (χ1) is 8.72. The zero-order valence-corrected chi connectivity index (χ0v) is 10.9. The van der Waals surface area contributed by atoms with Crippen LogP contribution in [0.25, 0.3) is 0 Å². The monoisotopic (exact) mass is 241 g/mol. The van der Waals surface area contributed by atoms with Crippen LogP contribution in [-0.2, 0) is 13.2 Å². The molecule has 2 heteroatoms. The highest BCUT2D eigenvalue weighted by molar-refractivity contribution is 5.53. The number of anilines is 1. The fraction of sp³-hybridized carbons (Fsp3) is 0.250. The lowest BCUT2D eigenvalue weighted by atomic mass is 10.1. The molecule has 0 aromatic heterocycles. The summed E-state index contributed by atoms with van der Waals surface area (Å²) >= 11 is 0. The summed E-state index contributed by atoms with van der Waals surface area (Å²) in [4.78, 5) is 2.17. The first kappa shape index (κ1) is 12.7. The van der Waals surface area contributed by atoms with E-state index in [2.05, 4.69) is 43.1 Å². The molecule has 0 amide bonds. The predicted octanol–water partition coefficient (Wildman–Crippen LogP) is 3.12. The standard InChI is InChI=1S/C16H19NO/c1-13-7-3-4-8-14(13)11-17(2)16-10-6-5-9-15(16)12-18/h3-10,18H,11-12H2,1-2H3.